The first-order chi connectivity index (χ1) is 8.52. The zero-order chi connectivity index (χ0) is 13.5. The zero-order valence-corrected chi connectivity index (χ0v) is 9.67. The Morgan fingerprint density at radius 3 is 2.61 bits per heavy atom. The molecule has 0 heterocycles. The minimum absolute atomic E-state index is 0.109. The SMILES string of the molecule is COc1ccc(NC(=O)COCC(=O)O)cc1O. The van der Waals surface area contributed by atoms with Crippen LogP contribution in [0.1, 0.15) is 0 Å². The molecule has 0 atom stereocenters. The van der Waals surface area contributed by atoms with Gasteiger partial charge in [0.15, 0.2) is 11.5 Å². The molecule has 0 bridgehead atoms. The third kappa shape index (κ3) is 4.30. The second kappa shape index (κ2) is 6.45. The number of rotatable bonds is 6. The first kappa shape index (κ1) is 13.8. The van der Waals surface area contributed by atoms with Gasteiger partial charge in [-0.15, -0.1) is 0 Å². The summed E-state index contributed by atoms with van der Waals surface area (Å²) in [6.07, 6.45) is 0. The molecule has 1 amide bonds. The van der Waals surface area contributed by atoms with Gasteiger partial charge in [-0.3, -0.25) is 4.79 Å². The molecule has 0 spiro atoms. The Morgan fingerprint density at radius 2 is 2.06 bits per heavy atom. The van der Waals surface area contributed by atoms with E-state index in [-0.39, 0.29) is 18.1 Å². The number of amides is 1. The minimum atomic E-state index is -1.15. The van der Waals surface area contributed by atoms with E-state index in [1.54, 1.807) is 0 Å². The van der Waals surface area contributed by atoms with Gasteiger partial charge in [0.1, 0.15) is 13.2 Å². The lowest BCUT2D eigenvalue weighted by Crippen LogP contribution is -2.20. The monoisotopic (exact) mass is 255 g/mol. The fourth-order valence-electron chi connectivity index (χ4n) is 1.20. The summed E-state index contributed by atoms with van der Waals surface area (Å²) < 4.78 is 9.45. The molecule has 7 heteroatoms. The molecule has 0 aromatic heterocycles. The highest BCUT2D eigenvalue weighted by atomic mass is 16.5. The zero-order valence-electron chi connectivity index (χ0n) is 9.67. The average Bonchev–Trinajstić information content (AvgIpc) is 2.28. The van der Waals surface area contributed by atoms with E-state index in [1.165, 1.54) is 25.3 Å². The Balaban J connectivity index is 2.49. The summed E-state index contributed by atoms with van der Waals surface area (Å²) in [7, 11) is 1.41. The summed E-state index contributed by atoms with van der Waals surface area (Å²) in [6, 6.07) is 4.34. The second-order valence-corrected chi connectivity index (χ2v) is 3.32. The lowest BCUT2D eigenvalue weighted by atomic mass is 10.2. The maximum absolute atomic E-state index is 11.3. The van der Waals surface area contributed by atoms with Gasteiger partial charge in [0.05, 0.1) is 7.11 Å². The third-order valence-corrected chi connectivity index (χ3v) is 1.92. The van der Waals surface area contributed by atoms with Crippen LogP contribution in [0.3, 0.4) is 0 Å². The van der Waals surface area contributed by atoms with Gasteiger partial charge < -0.3 is 25.0 Å². The number of phenolic OH excluding ortho intramolecular Hbond substituents is 1. The summed E-state index contributed by atoms with van der Waals surface area (Å²) in [4.78, 5) is 21.5. The average molecular weight is 255 g/mol. The van der Waals surface area contributed by atoms with Crippen LogP contribution in [-0.2, 0) is 14.3 Å². The smallest absolute Gasteiger partial charge is 0.329 e. The van der Waals surface area contributed by atoms with E-state index in [1.807, 2.05) is 0 Å². The van der Waals surface area contributed by atoms with Gasteiger partial charge in [-0.1, -0.05) is 0 Å². The standard InChI is InChI=1S/C11H13NO6/c1-17-9-3-2-7(4-8(9)13)12-10(14)5-18-6-11(15)16/h2-4,13H,5-6H2,1H3,(H,12,14)(H,15,16). The van der Waals surface area contributed by atoms with Gasteiger partial charge in [0.2, 0.25) is 5.91 Å². The van der Waals surface area contributed by atoms with Crippen LogP contribution >= 0.6 is 0 Å². The molecule has 7 nitrogen and oxygen atoms in total. The van der Waals surface area contributed by atoms with Gasteiger partial charge in [-0.05, 0) is 12.1 Å². The van der Waals surface area contributed by atoms with Crippen LogP contribution in [-0.4, -0.2) is 42.4 Å². The highest BCUT2D eigenvalue weighted by Gasteiger charge is 2.07. The van der Waals surface area contributed by atoms with Crippen LogP contribution in [0.4, 0.5) is 5.69 Å². The van der Waals surface area contributed by atoms with E-state index in [2.05, 4.69) is 10.1 Å². The van der Waals surface area contributed by atoms with Gasteiger partial charge in [-0.25, -0.2) is 4.79 Å². The number of anilines is 1. The maximum atomic E-state index is 11.3. The molecule has 0 saturated carbocycles. The van der Waals surface area contributed by atoms with Crippen molar-refractivity contribution in [3.8, 4) is 11.5 Å². The fraction of sp³-hybridized carbons (Fsp3) is 0.273. The number of hydrogen-bond donors (Lipinski definition) is 3. The molecule has 0 aliphatic heterocycles. The molecule has 0 saturated heterocycles. The topological polar surface area (TPSA) is 105 Å². The number of aromatic hydroxyl groups is 1. The lowest BCUT2D eigenvalue weighted by Gasteiger charge is -2.08. The van der Waals surface area contributed by atoms with Crippen molar-refractivity contribution >= 4 is 17.6 Å². The van der Waals surface area contributed by atoms with Gasteiger partial charge in [0, 0.05) is 11.8 Å². The molecule has 98 valence electrons. The summed E-state index contributed by atoms with van der Waals surface area (Å²) in [5, 5.41) is 20.2. The van der Waals surface area contributed by atoms with Crippen LogP contribution in [0.2, 0.25) is 0 Å². The van der Waals surface area contributed by atoms with Crippen molar-refractivity contribution in [3.63, 3.8) is 0 Å². The Morgan fingerprint density at radius 1 is 1.33 bits per heavy atom. The first-order valence-corrected chi connectivity index (χ1v) is 4.99. The molecular weight excluding hydrogens is 242 g/mol. The molecule has 1 aromatic rings. The van der Waals surface area contributed by atoms with Gasteiger partial charge >= 0.3 is 5.97 Å². The van der Waals surface area contributed by atoms with Crippen LogP contribution < -0.4 is 10.1 Å². The van der Waals surface area contributed by atoms with Gasteiger partial charge in [-0.2, -0.15) is 0 Å². The molecule has 1 rings (SSSR count). The van der Waals surface area contributed by atoms with Crippen molar-refractivity contribution in [2.24, 2.45) is 0 Å². The third-order valence-electron chi connectivity index (χ3n) is 1.92. The van der Waals surface area contributed by atoms with Gasteiger partial charge in [0.25, 0.3) is 0 Å². The summed E-state index contributed by atoms with van der Waals surface area (Å²) in [6.45, 7) is -0.916. The van der Waals surface area contributed by atoms with Crippen LogP contribution in [0, 0.1) is 0 Å². The molecule has 0 unspecified atom stereocenters. The normalized spacial score (nSPS) is 9.83. The van der Waals surface area contributed by atoms with Crippen LogP contribution in [0.15, 0.2) is 18.2 Å². The Labute approximate surface area is 103 Å². The Kier molecular flexibility index (Phi) is 4.94. The van der Waals surface area contributed by atoms with E-state index in [4.69, 9.17) is 9.84 Å². The number of nitrogens with one attached hydrogen (secondary N) is 1. The highest BCUT2D eigenvalue weighted by Crippen LogP contribution is 2.28. The van der Waals surface area contributed by atoms with E-state index in [0.29, 0.717) is 5.69 Å². The van der Waals surface area contributed by atoms with Crippen molar-refractivity contribution in [3.05, 3.63) is 18.2 Å². The second-order valence-electron chi connectivity index (χ2n) is 3.32. The molecule has 0 aliphatic rings. The maximum Gasteiger partial charge on any atom is 0.329 e. The molecular formula is C11H13NO6. The predicted molar refractivity (Wildman–Crippen MR) is 61.7 cm³/mol. The van der Waals surface area contributed by atoms with Crippen molar-refractivity contribution in [1.82, 2.24) is 0 Å². The van der Waals surface area contributed by atoms with Crippen molar-refractivity contribution in [2.45, 2.75) is 0 Å². The Bertz CT molecular complexity index is 445. The number of carbonyl (C=O) groups excluding carboxylic acids is 1. The van der Waals surface area contributed by atoms with E-state index in [0.717, 1.165) is 0 Å². The lowest BCUT2D eigenvalue weighted by molar-refractivity contribution is -0.143. The predicted octanol–water partition coefficient (Wildman–Crippen LogP) is 0.440. The number of ether oxygens (including phenoxy) is 2. The highest BCUT2D eigenvalue weighted by molar-refractivity contribution is 5.92. The van der Waals surface area contributed by atoms with E-state index in [9.17, 15) is 14.7 Å². The number of carboxylic acid groups (broad SMARTS) is 1. The number of methoxy groups -OCH3 is 1. The molecule has 3 N–H and O–H groups in total. The van der Waals surface area contributed by atoms with Crippen LogP contribution in [0.5, 0.6) is 11.5 Å². The molecule has 0 fully saturated rings. The largest absolute Gasteiger partial charge is 0.504 e. The number of carboxylic acids is 1. The number of phenols is 1. The molecule has 0 radical (unpaired) electrons. The summed E-state index contributed by atoms with van der Waals surface area (Å²) in [5.74, 6) is -1.48. The number of aliphatic carboxylic acids is 1. The number of hydrogen-bond acceptors (Lipinski definition) is 5. The summed E-state index contributed by atoms with van der Waals surface area (Å²) >= 11 is 0. The molecule has 18 heavy (non-hydrogen) atoms. The Hall–Kier alpha value is -2.28. The van der Waals surface area contributed by atoms with E-state index >= 15 is 0 Å². The number of carbonyl (C=O) groups is 2. The molecule has 1 aromatic carbocycles. The van der Waals surface area contributed by atoms with Crippen molar-refractivity contribution < 1.29 is 29.3 Å². The first-order valence-electron chi connectivity index (χ1n) is 4.99. The number of benzene rings is 1. The van der Waals surface area contributed by atoms with Crippen molar-refractivity contribution in [1.29, 1.82) is 0 Å². The fourth-order valence-corrected chi connectivity index (χ4v) is 1.20. The van der Waals surface area contributed by atoms with Crippen LogP contribution in [0.25, 0.3) is 0 Å². The van der Waals surface area contributed by atoms with E-state index < -0.39 is 18.5 Å². The quantitative estimate of drug-likeness (QED) is 0.681. The minimum Gasteiger partial charge on any atom is -0.504 e. The van der Waals surface area contributed by atoms with Crippen molar-refractivity contribution in [2.75, 3.05) is 25.6 Å². The molecule has 0 aliphatic carbocycles. The summed E-state index contributed by atoms with van der Waals surface area (Å²) in [5.41, 5.74) is 0.359.